The van der Waals surface area contributed by atoms with Gasteiger partial charge in [0.05, 0.1) is 22.5 Å². The minimum atomic E-state index is -4.36. The molecule has 2 amide bonds. The summed E-state index contributed by atoms with van der Waals surface area (Å²) in [6.07, 6.45) is 4.80. The van der Waals surface area contributed by atoms with Crippen molar-refractivity contribution in [3.63, 3.8) is 0 Å². The van der Waals surface area contributed by atoms with Crippen molar-refractivity contribution >= 4 is 50.8 Å². The van der Waals surface area contributed by atoms with Crippen LogP contribution in [0.4, 0.5) is 5.69 Å². The molecule has 9 heteroatoms. The Balaban J connectivity index is 1.52. The van der Waals surface area contributed by atoms with Gasteiger partial charge in [-0.1, -0.05) is 47.5 Å². The number of para-hydroxylation sites is 2. The molecule has 30 heavy (non-hydrogen) atoms. The van der Waals surface area contributed by atoms with E-state index in [1.54, 1.807) is 12.1 Å². The van der Waals surface area contributed by atoms with Crippen molar-refractivity contribution in [1.82, 2.24) is 0 Å². The molecular weight excluding hydrogens is 449 g/mol. The lowest BCUT2D eigenvalue weighted by Crippen LogP contribution is -2.33. The normalized spacial score (nSPS) is 27.1. The minimum Gasteiger partial charge on any atom is -0.377 e. The monoisotopic (exact) mass is 463 g/mol. The van der Waals surface area contributed by atoms with Crippen molar-refractivity contribution in [2.75, 3.05) is 4.90 Å². The number of nitrogens with zero attached hydrogens (tertiary/aromatic N) is 1. The molecule has 4 atom stereocenters. The molecule has 5 rings (SSSR count). The van der Waals surface area contributed by atoms with Gasteiger partial charge in [-0.3, -0.25) is 9.59 Å². The molecule has 2 aromatic rings. The number of carbonyl (C=O) groups excluding carboxylic acids is 2. The predicted octanol–water partition coefficient (Wildman–Crippen LogP) is 4.07. The van der Waals surface area contributed by atoms with Crippen LogP contribution in [0.25, 0.3) is 0 Å². The third-order valence-electron chi connectivity index (χ3n) is 5.94. The second kappa shape index (κ2) is 6.83. The molecule has 0 aromatic heterocycles. The molecule has 2 bridgehead atoms. The molecule has 0 N–H and O–H groups in total. The standard InChI is InChI=1S/C21H15Cl2NO5S/c22-13-7-8-14(23)17(10-13)30(27,28)29-16-4-2-1-3-15(16)24-20(25)18-11-5-6-12(9-11)19(18)21(24)26/h1-8,10-12,18-19H,9H2/t11-,12-,18-,19+/m0/s1. The lowest BCUT2D eigenvalue weighted by atomic mass is 9.85. The summed E-state index contributed by atoms with van der Waals surface area (Å²) in [5.41, 5.74) is 0.100. The molecule has 0 radical (unpaired) electrons. The Bertz CT molecular complexity index is 1200. The van der Waals surface area contributed by atoms with E-state index < -0.39 is 22.0 Å². The van der Waals surface area contributed by atoms with Gasteiger partial charge < -0.3 is 4.18 Å². The number of rotatable bonds is 4. The molecule has 1 saturated carbocycles. The average molecular weight is 464 g/mol. The Kier molecular flexibility index (Phi) is 4.47. The molecule has 6 nitrogen and oxygen atoms in total. The summed E-state index contributed by atoms with van der Waals surface area (Å²) in [6, 6.07) is 10.1. The molecule has 1 heterocycles. The summed E-state index contributed by atoms with van der Waals surface area (Å²) in [6.45, 7) is 0. The summed E-state index contributed by atoms with van der Waals surface area (Å²) in [5.74, 6) is -1.49. The third kappa shape index (κ3) is 2.87. The van der Waals surface area contributed by atoms with Gasteiger partial charge in [0, 0.05) is 5.02 Å². The SMILES string of the molecule is O=C1[C@@H]2[C@H](C(=O)N1c1ccccc1OS(=O)(=O)c1cc(Cl)ccc1Cl)[C@H]1C=C[C@H]2C1. The predicted molar refractivity (Wildman–Crippen MR) is 111 cm³/mol. The third-order valence-corrected chi connectivity index (χ3v) is 7.89. The maximum atomic E-state index is 13.1. The van der Waals surface area contributed by atoms with E-state index in [-0.39, 0.29) is 50.0 Å². The smallest absolute Gasteiger partial charge is 0.340 e. The molecule has 2 fully saturated rings. The van der Waals surface area contributed by atoms with Crippen LogP contribution in [-0.4, -0.2) is 20.2 Å². The zero-order valence-corrected chi connectivity index (χ0v) is 17.7. The first-order valence-corrected chi connectivity index (χ1v) is 11.5. The maximum Gasteiger partial charge on any atom is 0.340 e. The molecule has 1 aliphatic heterocycles. The molecular formula is C21H15Cl2NO5S. The Morgan fingerprint density at radius 2 is 1.57 bits per heavy atom. The number of halogens is 2. The van der Waals surface area contributed by atoms with Crippen molar-refractivity contribution in [2.45, 2.75) is 11.3 Å². The number of hydrogen-bond donors (Lipinski definition) is 0. The molecule has 0 spiro atoms. The van der Waals surface area contributed by atoms with Gasteiger partial charge in [0.1, 0.15) is 4.90 Å². The number of allylic oxidation sites excluding steroid dienone is 2. The van der Waals surface area contributed by atoms with Gasteiger partial charge in [0.25, 0.3) is 0 Å². The molecule has 1 saturated heterocycles. The summed E-state index contributed by atoms with van der Waals surface area (Å²) in [4.78, 5) is 27.0. The lowest BCUT2D eigenvalue weighted by Gasteiger charge is -2.20. The molecule has 2 aliphatic carbocycles. The molecule has 2 aromatic carbocycles. The van der Waals surface area contributed by atoms with E-state index >= 15 is 0 Å². The van der Waals surface area contributed by atoms with Gasteiger partial charge in [0.2, 0.25) is 11.8 Å². The fraction of sp³-hybridized carbons (Fsp3) is 0.238. The Morgan fingerprint density at radius 3 is 2.23 bits per heavy atom. The summed E-state index contributed by atoms with van der Waals surface area (Å²) >= 11 is 11.9. The molecule has 0 unspecified atom stereocenters. The van der Waals surface area contributed by atoms with Crippen molar-refractivity contribution < 1.29 is 22.2 Å². The van der Waals surface area contributed by atoms with Crippen LogP contribution in [0.5, 0.6) is 5.75 Å². The number of anilines is 1. The number of amides is 2. The quantitative estimate of drug-likeness (QED) is 0.387. The van der Waals surface area contributed by atoms with Gasteiger partial charge in [0.15, 0.2) is 5.75 Å². The van der Waals surface area contributed by atoms with Crippen molar-refractivity contribution in [3.8, 4) is 5.75 Å². The highest BCUT2D eigenvalue weighted by molar-refractivity contribution is 7.87. The van der Waals surface area contributed by atoms with Crippen LogP contribution < -0.4 is 9.08 Å². The van der Waals surface area contributed by atoms with E-state index in [2.05, 4.69) is 0 Å². The number of fused-ring (bicyclic) bond motifs is 5. The van der Waals surface area contributed by atoms with Gasteiger partial charge in [-0.05, 0) is 48.6 Å². The van der Waals surface area contributed by atoms with Gasteiger partial charge in [-0.15, -0.1) is 0 Å². The average Bonchev–Trinajstić information content (AvgIpc) is 3.38. The zero-order chi connectivity index (χ0) is 21.2. The largest absolute Gasteiger partial charge is 0.377 e. The Labute approximate surface area is 183 Å². The minimum absolute atomic E-state index is 0.0449. The first-order chi connectivity index (χ1) is 14.3. The van der Waals surface area contributed by atoms with Crippen LogP contribution in [0.3, 0.4) is 0 Å². The number of carbonyl (C=O) groups is 2. The summed E-state index contributed by atoms with van der Waals surface area (Å²) < 4.78 is 31.0. The van der Waals surface area contributed by atoms with Crippen molar-refractivity contribution in [1.29, 1.82) is 0 Å². The Morgan fingerprint density at radius 1 is 0.933 bits per heavy atom. The second-order valence-corrected chi connectivity index (χ2v) is 9.95. The number of imide groups is 1. The van der Waals surface area contributed by atoms with E-state index in [0.717, 1.165) is 11.3 Å². The number of benzene rings is 2. The zero-order valence-electron chi connectivity index (χ0n) is 15.4. The first-order valence-electron chi connectivity index (χ1n) is 9.32. The van der Waals surface area contributed by atoms with Crippen LogP contribution in [-0.2, 0) is 19.7 Å². The lowest BCUT2D eigenvalue weighted by molar-refractivity contribution is -0.123. The van der Waals surface area contributed by atoms with E-state index in [0.29, 0.717) is 0 Å². The maximum absolute atomic E-state index is 13.1. The van der Waals surface area contributed by atoms with Crippen LogP contribution in [0.2, 0.25) is 10.0 Å². The highest BCUT2D eigenvalue weighted by Gasteiger charge is 2.60. The first kappa shape index (κ1) is 19.6. The topological polar surface area (TPSA) is 80.8 Å². The van der Waals surface area contributed by atoms with Crippen LogP contribution in [0.1, 0.15) is 6.42 Å². The fourth-order valence-electron chi connectivity index (χ4n) is 4.68. The van der Waals surface area contributed by atoms with Crippen LogP contribution >= 0.6 is 23.2 Å². The molecule has 3 aliphatic rings. The summed E-state index contributed by atoms with van der Waals surface area (Å²) in [5, 5.41) is 0.123. The number of hydrogen-bond acceptors (Lipinski definition) is 5. The van der Waals surface area contributed by atoms with Crippen LogP contribution in [0.15, 0.2) is 59.5 Å². The fourth-order valence-corrected chi connectivity index (χ4v) is 6.37. The van der Waals surface area contributed by atoms with E-state index in [9.17, 15) is 18.0 Å². The molecule has 154 valence electrons. The van der Waals surface area contributed by atoms with Gasteiger partial charge in [-0.25, -0.2) is 4.90 Å². The Hall–Kier alpha value is -2.35. The van der Waals surface area contributed by atoms with E-state index in [1.165, 1.54) is 30.3 Å². The van der Waals surface area contributed by atoms with Crippen molar-refractivity contribution in [2.24, 2.45) is 23.7 Å². The summed E-state index contributed by atoms with van der Waals surface area (Å²) in [7, 11) is -4.36. The highest BCUT2D eigenvalue weighted by Crippen LogP contribution is 2.54. The van der Waals surface area contributed by atoms with Gasteiger partial charge in [-0.2, -0.15) is 8.42 Å². The highest BCUT2D eigenvalue weighted by atomic mass is 35.5. The van der Waals surface area contributed by atoms with E-state index in [4.69, 9.17) is 27.4 Å². The van der Waals surface area contributed by atoms with Gasteiger partial charge >= 0.3 is 10.1 Å². The van der Waals surface area contributed by atoms with Crippen molar-refractivity contribution in [3.05, 3.63) is 64.7 Å². The van der Waals surface area contributed by atoms with E-state index in [1.807, 2.05) is 12.2 Å². The second-order valence-electron chi connectivity index (χ2n) is 7.59. The van der Waals surface area contributed by atoms with Crippen LogP contribution in [0, 0.1) is 23.7 Å².